The number of piperidine rings is 1. The van der Waals surface area contributed by atoms with Crippen LogP contribution in [0.1, 0.15) is 68.8 Å². The maximum atomic E-state index is 12.3. The molecule has 1 N–H and O–H groups in total. The number of phenols is 1. The highest BCUT2D eigenvalue weighted by Crippen LogP contribution is 2.45. The van der Waals surface area contributed by atoms with Crippen LogP contribution < -0.4 is 0 Å². The molecule has 2 aromatic rings. The zero-order chi connectivity index (χ0) is 21.3. The van der Waals surface area contributed by atoms with E-state index in [-0.39, 0.29) is 11.8 Å². The van der Waals surface area contributed by atoms with E-state index in [1.54, 1.807) is 11.0 Å². The largest absolute Gasteiger partial charge is 0.507 e. The predicted molar refractivity (Wildman–Crippen MR) is 112 cm³/mol. The van der Waals surface area contributed by atoms with Crippen LogP contribution in [0.25, 0.3) is 0 Å². The van der Waals surface area contributed by atoms with Gasteiger partial charge in [0.05, 0.1) is 5.56 Å². The topological polar surface area (TPSA) is 68.2 Å². The first-order chi connectivity index (χ1) is 14.3. The lowest BCUT2D eigenvalue weighted by atomic mass is 9.88. The summed E-state index contributed by atoms with van der Waals surface area (Å²) in [6, 6.07) is 15.4. The Balaban J connectivity index is 1.37. The first-order valence-electron chi connectivity index (χ1n) is 10.5. The van der Waals surface area contributed by atoms with E-state index in [1.165, 1.54) is 0 Å². The molecule has 0 atom stereocenters. The van der Waals surface area contributed by atoms with E-state index in [9.17, 15) is 9.90 Å². The third-order valence-electron chi connectivity index (χ3n) is 5.49. The van der Waals surface area contributed by atoms with Gasteiger partial charge in [-0.05, 0) is 57.2 Å². The van der Waals surface area contributed by atoms with Crippen LogP contribution in [0.5, 0.6) is 5.75 Å². The number of carbonyl (C=O) groups is 1. The Bertz CT molecular complexity index is 878. The second-order valence-corrected chi connectivity index (χ2v) is 8.91. The molecule has 2 fully saturated rings. The van der Waals surface area contributed by atoms with E-state index < -0.39 is 18.2 Å². The number of amides is 1. The van der Waals surface area contributed by atoms with Gasteiger partial charge in [0.15, 0.2) is 12.6 Å². The SMILES string of the molecule is CC(C)(C)OC(=O)N1CCC(c2ccc(O)c(C3OC(c4ccccc4)O3)c2)CC1. The molecule has 160 valence electrons. The Morgan fingerprint density at radius 3 is 2.30 bits per heavy atom. The maximum Gasteiger partial charge on any atom is 0.410 e. The van der Waals surface area contributed by atoms with Crippen molar-refractivity contribution >= 4 is 6.09 Å². The molecule has 1 amide bonds. The molecule has 2 heterocycles. The van der Waals surface area contributed by atoms with Crippen LogP contribution in [0.15, 0.2) is 48.5 Å². The monoisotopic (exact) mass is 411 g/mol. The van der Waals surface area contributed by atoms with Crippen LogP contribution in [0.2, 0.25) is 0 Å². The van der Waals surface area contributed by atoms with Crippen LogP contribution in [-0.2, 0) is 14.2 Å². The zero-order valence-electron chi connectivity index (χ0n) is 17.7. The van der Waals surface area contributed by atoms with Gasteiger partial charge in [-0.25, -0.2) is 4.79 Å². The maximum absolute atomic E-state index is 12.3. The molecular weight excluding hydrogens is 382 g/mol. The molecular formula is C24H29NO5. The highest BCUT2D eigenvalue weighted by atomic mass is 16.9. The van der Waals surface area contributed by atoms with E-state index in [1.807, 2.05) is 63.2 Å². The second-order valence-electron chi connectivity index (χ2n) is 8.91. The lowest BCUT2D eigenvalue weighted by Crippen LogP contribution is -2.41. The molecule has 6 heteroatoms. The third-order valence-corrected chi connectivity index (χ3v) is 5.49. The van der Waals surface area contributed by atoms with Crippen molar-refractivity contribution < 1.29 is 24.1 Å². The fourth-order valence-electron chi connectivity index (χ4n) is 3.89. The Labute approximate surface area is 177 Å². The summed E-state index contributed by atoms with van der Waals surface area (Å²) in [7, 11) is 0. The van der Waals surface area contributed by atoms with Gasteiger partial charge in [-0.15, -0.1) is 0 Å². The summed E-state index contributed by atoms with van der Waals surface area (Å²) in [5.41, 5.74) is 2.25. The first-order valence-corrected chi connectivity index (χ1v) is 10.5. The highest BCUT2D eigenvalue weighted by Gasteiger charge is 2.36. The molecule has 0 radical (unpaired) electrons. The number of carbonyl (C=O) groups excluding carboxylic acids is 1. The van der Waals surface area contributed by atoms with Crippen molar-refractivity contribution in [1.29, 1.82) is 0 Å². The molecule has 0 unspecified atom stereocenters. The van der Waals surface area contributed by atoms with Crippen molar-refractivity contribution in [2.24, 2.45) is 0 Å². The van der Waals surface area contributed by atoms with E-state index in [0.717, 1.165) is 24.0 Å². The summed E-state index contributed by atoms with van der Waals surface area (Å²) in [6.07, 6.45) is 0.467. The molecule has 2 saturated heterocycles. The van der Waals surface area contributed by atoms with E-state index >= 15 is 0 Å². The minimum absolute atomic E-state index is 0.168. The molecule has 4 rings (SSSR count). The summed E-state index contributed by atoms with van der Waals surface area (Å²) < 4.78 is 17.2. The van der Waals surface area contributed by atoms with Crippen molar-refractivity contribution in [2.75, 3.05) is 13.1 Å². The number of hydrogen-bond acceptors (Lipinski definition) is 5. The van der Waals surface area contributed by atoms with Gasteiger partial charge in [-0.1, -0.05) is 36.4 Å². The lowest BCUT2D eigenvalue weighted by molar-refractivity contribution is -0.397. The first kappa shape index (κ1) is 20.7. The number of benzene rings is 2. The standard InChI is InChI=1S/C24H29NO5/c1-24(2,3)30-23(27)25-13-11-16(12-14-25)18-9-10-20(26)19(15-18)22-28-21(29-22)17-7-5-4-6-8-17/h4-10,15-16,21-22,26H,11-14H2,1-3H3. The van der Waals surface area contributed by atoms with E-state index in [2.05, 4.69) is 0 Å². The number of phenolic OH excluding ortho intramolecular Hbond substituents is 1. The second kappa shape index (κ2) is 8.28. The van der Waals surface area contributed by atoms with Crippen molar-refractivity contribution in [2.45, 2.75) is 57.7 Å². The van der Waals surface area contributed by atoms with Gasteiger partial charge in [0.2, 0.25) is 0 Å². The Morgan fingerprint density at radius 2 is 1.67 bits per heavy atom. The highest BCUT2D eigenvalue weighted by molar-refractivity contribution is 5.68. The summed E-state index contributed by atoms with van der Waals surface area (Å²) in [6.45, 7) is 6.94. The molecule has 0 bridgehead atoms. The smallest absolute Gasteiger partial charge is 0.410 e. The summed E-state index contributed by atoms with van der Waals surface area (Å²) in [4.78, 5) is 14.0. The van der Waals surface area contributed by atoms with Crippen LogP contribution in [0.4, 0.5) is 4.79 Å². The molecule has 2 aromatic carbocycles. The zero-order valence-corrected chi connectivity index (χ0v) is 17.7. The number of rotatable bonds is 3. The van der Waals surface area contributed by atoms with Gasteiger partial charge in [-0.2, -0.15) is 0 Å². The van der Waals surface area contributed by atoms with Gasteiger partial charge in [0.25, 0.3) is 0 Å². The van der Waals surface area contributed by atoms with Gasteiger partial charge in [0, 0.05) is 18.7 Å². The lowest BCUT2D eigenvalue weighted by Gasteiger charge is -2.37. The average Bonchev–Trinajstić information content (AvgIpc) is 2.68. The van der Waals surface area contributed by atoms with Crippen LogP contribution in [0.3, 0.4) is 0 Å². The Kier molecular flexibility index (Phi) is 5.71. The molecule has 0 aliphatic carbocycles. The van der Waals surface area contributed by atoms with Gasteiger partial charge in [0.1, 0.15) is 11.4 Å². The summed E-state index contributed by atoms with van der Waals surface area (Å²) >= 11 is 0. The number of likely N-dealkylation sites (tertiary alicyclic amines) is 1. The predicted octanol–water partition coefficient (Wildman–Crippen LogP) is 5.25. The number of aromatic hydroxyl groups is 1. The van der Waals surface area contributed by atoms with Crippen LogP contribution in [0, 0.1) is 0 Å². The molecule has 6 nitrogen and oxygen atoms in total. The quantitative estimate of drug-likeness (QED) is 0.747. The fourth-order valence-corrected chi connectivity index (χ4v) is 3.89. The van der Waals surface area contributed by atoms with Crippen molar-refractivity contribution in [3.05, 3.63) is 65.2 Å². The van der Waals surface area contributed by atoms with Gasteiger partial charge < -0.3 is 24.2 Å². The van der Waals surface area contributed by atoms with Crippen LogP contribution >= 0.6 is 0 Å². The van der Waals surface area contributed by atoms with E-state index in [0.29, 0.717) is 24.6 Å². The van der Waals surface area contributed by atoms with Crippen molar-refractivity contribution in [3.8, 4) is 5.75 Å². The number of ether oxygens (including phenoxy) is 3. The Morgan fingerprint density at radius 1 is 1.00 bits per heavy atom. The fraction of sp³-hybridized carbons (Fsp3) is 0.458. The average molecular weight is 411 g/mol. The summed E-state index contributed by atoms with van der Waals surface area (Å²) in [5.74, 6) is 0.481. The van der Waals surface area contributed by atoms with E-state index in [4.69, 9.17) is 14.2 Å². The van der Waals surface area contributed by atoms with Gasteiger partial charge in [-0.3, -0.25) is 0 Å². The van der Waals surface area contributed by atoms with Crippen LogP contribution in [-0.4, -0.2) is 34.8 Å². The third kappa shape index (κ3) is 4.60. The number of nitrogens with zero attached hydrogens (tertiary/aromatic N) is 1. The van der Waals surface area contributed by atoms with Crippen molar-refractivity contribution in [3.63, 3.8) is 0 Å². The minimum atomic E-state index is -0.572. The normalized spacial score (nSPS) is 22.4. The summed E-state index contributed by atoms with van der Waals surface area (Å²) in [5, 5.41) is 10.3. The minimum Gasteiger partial charge on any atom is -0.507 e. The van der Waals surface area contributed by atoms with Crippen molar-refractivity contribution in [1.82, 2.24) is 4.90 Å². The number of hydrogen-bond donors (Lipinski definition) is 1. The molecule has 0 aromatic heterocycles. The molecule has 0 saturated carbocycles. The molecule has 2 aliphatic heterocycles. The Hall–Kier alpha value is -2.57. The molecule has 0 spiro atoms. The van der Waals surface area contributed by atoms with Gasteiger partial charge >= 0.3 is 6.09 Å². The molecule has 30 heavy (non-hydrogen) atoms. The molecule has 2 aliphatic rings.